The van der Waals surface area contributed by atoms with Crippen LogP contribution in [0.4, 0.5) is 5.69 Å². The van der Waals surface area contributed by atoms with Crippen LogP contribution in [0.25, 0.3) is 0 Å². The van der Waals surface area contributed by atoms with E-state index in [1.54, 1.807) is 36.4 Å². The number of hydrogen-bond acceptors (Lipinski definition) is 5. The van der Waals surface area contributed by atoms with Crippen LogP contribution in [0.5, 0.6) is 11.5 Å². The van der Waals surface area contributed by atoms with E-state index in [1.165, 1.54) is 18.4 Å². The van der Waals surface area contributed by atoms with Crippen LogP contribution < -0.4 is 10.1 Å². The maximum Gasteiger partial charge on any atom is 0.230 e. The Morgan fingerprint density at radius 1 is 1.04 bits per heavy atom. The fraction of sp³-hybridized carbons (Fsp3) is 0.350. The van der Waals surface area contributed by atoms with E-state index in [2.05, 4.69) is 5.32 Å². The van der Waals surface area contributed by atoms with Gasteiger partial charge in [0, 0.05) is 11.9 Å². The van der Waals surface area contributed by atoms with Crippen LogP contribution in [0.2, 0.25) is 0 Å². The number of fused-ring (bicyclic) bond motifs is 2. The molecule has 2 aromatic rings. The third-order valence-corrected chi connectivity index (χ3v) is 6.18. The van der Waals surface area contributed by atoms with Crippen molar-refractivity contribution in [1.82, 2.24) is 0 Å². The van der Waals surface area contributed by atoms with Crippen LogP contribution in [0.3, 0.4) is 0 Å². The zero-order valence-corrected chi connectivity index (χ0v) is 15.7. The molecule has 3 unspecified atom stereocenters. The van der Waals surface area contributed by atoms with E-state index in [1.807, 2.05) is 0 Å². The van der Waals surface area contributed by atoms with E-state index in [0.717, 1.165) is 19.3 Å². The van der Waals surface area contributed by atoms with Gasteiger partial charge in [0.25, 0.3) is 0 Å². The molecule has 3 atom stereocenters. The molecule has 2 aliphatic heterocycles. The summed E-state index contributed by atoms with van der Waals surface area (Å²) in [6.45, 7) is 0. The van der Waals surface area contributed by atoms with Crippen molar-refractivity contribution in [1.29, 1.82) is 0 Å². The fourth-order valence-electron chi connectivity index (χ4n) is 3.65. The van der Waals surface area contributed by atoms with Crippen LogP contribution in [-0.2, 0) is 19.4 Å². The topological polar surface area (TPSA) is 81.7 Å². The molecule has 27 heavy (non-hydrogen) atoms. The standard InChI is InChI=1S/C20H21NO5S/c1-27(23,24)17-9-6-15(7-10-17)25-14-4-2-13(3-5-14)21-20(22)18-12-16-8-11-19(18)26-16/h2-7,9-10,16,18-19H,8,11-12H2,1H3,(H,21,22). The molecule has 2 saturated heterocycles. The van der Waals surface area contributed by atoms with Crippen LogP contribution >= 0.6 is 0 Å². The van der Waals surface area contributed by atoms with Crippen molar-refractivity contribution in [3.8, 4) is 11.5 Å². The van der Waals surface area contributed by atoms with Gasteiger partial charge in [-0.3, -0.25) is 4.79 Å². The number of anilines is 1. The van der Waals surface area contributed by atoms with Crippen LogP contribution in [0, 0.1) is 5.92 Å². The highest BCUT2D eigenvalue weighted by molar-refractivity contribution is 7.90. The quantitative estimate of drug-likeness (QED) is 0.850. The number of carbonyl (C=O) groups is 1. The van der Waals surface area contributed by atoms with Crippen molar-refractivity contribution >= 4 is 21.4 Å². The molecule has 0 saturated carbocycles. The Balaban J connectivity index is 1.37. The average Bonchev–Trinajstić information content (AvgIpc) is 3.26. The molecule has 2 bridgehead atoms. The molecular formula is C20H21NO5S. The zero-order valence-electron chi connectivity index (χ0n) is 14.9. The molecule has 142 valence electrons. The summed E-state index contributed by atoms with van der Waals surface area (Å²) in [7, 11) is -3.22. The molecule has 2 aliphatic rings. The Hall–Kier alpha value is -2.38. The minimum absolute atomic E-state index is 0.00670. The van der Waals surface area contributed by atoms with Crippen LogP contribution in [0.15, 0.2) is 53.4 Å². The lowest BCUT2D eigenvalue weighted by Gasteiger charge is -2.18. The fourth-order valence-corrected chi connectivity index (χ4v) is 4.28. The van der Waals surface area contributed by atoms with E-state index >= 15 is 0 Å². The molecule has 0 aromatic heterocycles. The predicted octanol–water partition coefficient (Wildman–Crippen LogP) is 3.39. The Morgan fingerprint density at radius 2 is 1.67 bits per heavy atom. The van der Waals surface area contributed by atoms with E-state index in [4.69, 9.17) is 9.47 Å². The molecule has 7 heteroatoms. The number of sulfone groups is 1. The summed E-state index contributed by atoms with van der Waals surface area (Å²) < 4.78 is 34.4. The van der Waals surface area contributed by atoms with Gasteiger partial charge in [0.2, 0.25) is 5.91 Å². The van der Waals surface area contributed by atoms with Crippen molar-refractivity contribution in [2.75, 3.05) is 11.6 Å². The minimum atomic E-state index is -3.22. The highest BCUT2D eigenvalue weighted by Gasteiger charge is 2.44. The van der Waals surface area contributed by atoms with Crippen molar-refractivity contribution in [3.63, 3.8) is 0 Å². The summed E-state index contributed by atoms with van der Waals surface area (Å²) in [5.74, 6) is 1.09. The first kappa shape index (κ1) is 18.0. The molecule has 2 aromatic carbocycles. The second kappa shape index (κ2) is 6.98. The first-order chi connectivity index (χ1) is 12.9. The summed E-state index contributed by atoms with van der Waals surface area (Å²) in [4.78, 5) is 12.7. The molecule has 2 fully saturated rings. The maximum absolute atomic E-state index is 12.4. The van der Waals surface area contributed by atoms with Gasteiger partial charge in [-0.05, 0) is 67.8 Å². The number of nitrogens with one attached hydrogen (secondary N) is 1. The second-order valence-corrected chi connectivity index (χ2v) is 9.09. The lowest BCUT2D eigenvalue weighted by molar-refractivity contribution is -0.121. The smallest absolute Gasteiger partial charge is 0.230 e. The van der Waals surface area contributed by atoms with E-state index < -0.39 is 9.84 Å². The van der Waals surface area contributed by atoms with E-state index in [9.17, 15) is 13.2 Å². The van der Waals surface area contributed by atoms with Crippen molar-refractivity contribution in [2.45, 2.75) is 36.4 Å². The maximum atomic E-state index is 12.4. The molecule has 6 nitrogen and oxygen atoms in total. The van der Waals surface area contributed by atoms with Crippen LogP contribution in [-0.4, -0.2) is 32.8 Å². The molecule has 1 amide bonds. The SMILES string of the molecule is CS(=O)(=O)c1ccc(Oc2ccc(NC(=O)C3CC4CCC3O4)cc2)cc1. The summed E-state index contributed by atoms with van der Waals surface area (Å²) >= 11 is 0. The summed E-state index contributed by atoms with van der Waals surface area (Å²) in [5.41, 5.74) is 0.711. The number of rotatable bonds is 5. The highest BCUT2D eigenvalue weighted by atomic mass is 32.2. The van der Waals surface area contributed by atoms with Crippen molar-refractivity contribution < 1.29 is 22.7 Å². The second-order valence-electron chi connectivity index (χ2n) is 7.08. The van der Waals surface area contributed by atoms with Gasteiger partial charge in [-0.25, -0.2) is 8.42 Å². The van der Waals surface area contributed by atoms with Gasteiger partial charge in [0.05, 0.1) is 23.0 Å². The lowest BCUT2D eigenvalue weighted by Crippen LogP contribution is -2.30. The number of ether oxygens (including phenoxy) is 2. The predicted molar refractivity (Wildman–Crippen MR) is 101 cm³/mol. The number of benzene rings is 2. The Kier molecular flexibility index (Phi) is 4.65. The molecule has 0 aliphatic carbocycles. The number of hydrogen-bond donors (Lipinski definition) is 1. The number of amides is 1. The normalized spacial score (nSPS) is 24.0. The molecule has 4 rings (SSSR count). The summed E-state index contributed by atoms with van der Waals surface area (Å²) in [6, 6.07) is 13.3. The van der Waals surface area contributed by atoms with Gasteiger partial charge in [-0.15, -0.1) is 0 Å². The largest absolute Gasteiger partial charge is 0.457 e. The zero-order chi connectivity index (χ0) is 19.0. The van der Waals surface area contributed by atoms with Gasteiger partial charge in [-0.2, -0.15) is 0 Å². The monoisotopic (exact) mass is 387 g/mol. The first-order valence-electron chi connectivity index (χ1n) is 8.93. The molecule has 0 spiro atoms. The Morgan fingerprint density at radius 3 is 2.19 bits per heavy atom. The lowest BCUT2D eigenvalue weighted by atomic mass is 9.88. The van der Waals surface area contributed by atoms with Gasteiger partial charge in [0.1, 0.15) is 11.5 Å². The van der Waals surface area contributed by atoms with Gasteiger partial charge >= 0.3 is 0 Å². The summed E-state index contributed by atoms with van der Waals surface area (Å²) in [6.07, 6.45) is 4.31. The number of carbonyl (C=O) groups excluding carboxylic acids is 1. The van der Waals surface area contributed by atoms with Crippen molar-refractivity contribution in [2.24, 2.45) is 5.92 Å². The van der Waals surface area contributed by atoms with Crippen LogP contribution in [0.1, 0.15) is 19.3 Å². The third kappa shape index (κ3) is 3.99. The average molecular weight is 387 g/mol. The van der Waals surface area contributed by atoms with Gasteiger partial charge in [0.15, 0.2) is 9.84 Å². The molecule has 2 heterocycles. The molecule has 0 radical (unpaired) electrons. The molecule has 1 N–H and O–H groups in total. The van der Waals surface area contributed by atoms with Gasteiger partial charge < -0.3 is 14.8 Å². The highest BCUT2D eigenvalue weighted by Crippen LogP contribution is 2.39. The Bertz CT molecular complexity index is 937. The Labute approximate surface area is 158 Å². The third-order valence-electron chi connectivity index (χ3n) is 5.05. The van der Waals surface area contributed by atoms with Crippen molar-refractivity contribution in [3.05, 3.63) is 48.5 Å². The first-order valence-corrected chi connectivity index (χ1v) is 10.8. The van der Waals surface area contributed by atoms with E-state index in [-0.39, 0.29) is 28.9 Å². The molecular weight excluding hydrogens is 366 g/mol. The van der Waals surface area contributed by atoms with Gasteiger partial charge in [-0.1, -0.05) is 0 Å². The van der Waals surface area contributed by atoms with E-state index in [0.29, 0.717) is 17.2 Å². The minimum Gasteiger partial charge on any atom is -0.457 e. The summed E-state index contributed by atoms with van der Waals surface area (Å²) in [5, 5.41) is 2.94.